The minimum atomic E-state index is -0.779. The second-order valence-electron chi connectivity index (χ2n) is 4.75. The van der Waals surface area contributed by atoms with Gasteiger partial charge in [0.15, 0.2) is 0 Å². The van der Waals surface area contributed by atoms with Gasteiger partial charge in [-0.1, -0.05) is 6.07 Å². The van der Waals surface area contributed by atoms with Crippen LogP contribution >= 0.6 is 11.6 Å². The summed E-state index contributed by atoms with van der Waals surface area (Å²) in [5.41, 5.74) is 0.126. The number of carbonyl (C=O) groups excluding carboxylic acids is 1. The van der Waals surface area contributed by atoms with Crippen molar-refractivity contribution in [1.82, 2.24) is 0 Å². The fourth-order valence-corrected chi connectivity index (χ4v) is 1.38. The van der Waals surface area contributed by atoms with Crippen LogP contribution in [0.3, 0.4) is 0 Å². The maximum absolute atomic E-state index is 11.9. The smallest absolute Gasteiger partial charge is 0.292 e. The second kappa shape index (κ2) is 5.35. The number of hydrogen-bond acceptors (Lipinski definition) is 3. The lowest BCUT2D eigenvalue weighted by Crippen LogP contribution is -2.32. The molecule has 0 saturated heterocycles. The average molecular weight is 271 g/mol. The topological polar surface area (TPSA) is 72.2 Å². The number of anilines is 1. The third-order valence-electron chi connectivity index (χ3n) is 2.55. The molecule has 0 fully saturated rings. The fraction of sp³-hybridized carbons (Fsp3) is 0.417. The molecular formula is C12H15ClN2O3. The first-order chi connectivity index (χ1) is 8.27. The summed E-state index contributed by atoms with van der Waals surface area (Å²) in [6.45, 7) is 5.15. The number of alkyl halides is 1. The van der Waals surface area contributed by atoms with Gasteiger partial charge in [0, 0.05) is 11.9 Å². The van der Waals surface area contributed by atoms with Crippen LogP contribution < -0.4 is 5.32 Å². The Bertz CT molecular complexity index is 486. The molecule has 1 amide bonds. The van der Waals surface area contributed by atoms with Crippen LogP contribution in [0, 0.1) is 22.5 Å². The molecule has 5 nitrogen and oxygen atoms in total. The van der Waals surface area contributed by atoms with Gasteiger partial charge in [-0.05, 0) is 32.4 Å². The number of nitrogens with zero attached hydrogens (tertiary/aromatic N) is 1. The van der Waals surface area contributed by atoms with Crippen molar-refractivity contribution in [2.45, 2.75) is 20.8 Å². The van der Waals surface area contributed by atoms with Crippen molar-refractivity contribution in [3.8, 4) is 0 Å². The van der Waals surface area contributed by atoms with E-state index in [2.05, 4.69) is 5.32 Å². The van der Waals surface area contributed by atoms with Crippen LogP contribution in [0.15, 0.2) is 18.2 Å². The van der Waals surface area contributed by atoms with E-state index >= 15 is 0 Å². The quantitative estimate of drug-likeness (QED) is 0.519. The Morgan fingerprint density at radius 1 is 1.50 bits per heavy atom. The molecule has 18 heavy (non-hydrogen) atoms. The molecule has 0 aliphatic heterocycles. The van der Waals surface area contributed by atoms with Gasteiger partial charge in [0.05, 0.1) is 10.3 Å². The molecule has 0 atom stereocenters. The minimum Gasteiger partial charge on any atom is -0.320 e. The van der Waals surface area contributed by atoms with Gasteiger partial charge in [0.1, 0.15) is 5.69 Å². The average Bonchev–Trinajstić information content (AvgIpc) is 2.28. The van der Waals surface area contributed by atoms with E-state index in [4.69, 9.17) is 11.6 Å². The SMILES string of the molecule is Cc1ccc([N+](=O)[O-])c(NC(=O)C(C)(C)CCl)c1. The summed E-state index contributed by atoms with van der Waals surface area (Å²) in [5.74, 6) is -0.204. The van der Waals surface area contributed by atoms with Crippen molar-refractivity contribution < 1.29 is 9.72 Å². The highest BCUT2D eigenvalue weighted by atomic mass is 35.5. The van der Waals surface area contributed by atoms with E-state index in [0.29, 0.717) is 0 Å². The summed E-state index contributed by atoms with van der Waals surface area (Å²) in [6, 6.07) is 4.57. The number of aryl methyl sites for hydroxylation is 1. The van der Waals surface area contributed by atoms with Crippen LogP contribution in [-0.2, 0) is 4.79 Å². The Morgan fingerprint density at radius 3 is 2.61 bits per heavy atom. The second-order valence-corrected chi connectivity index (χ2v) is 5.02. The molecule has 1 N–H and O–H groups in total. The molecule has 6 heteroatoms. The summed E-state index contributed by atoms with van der Waals surface area (Å²) in [5, 5.41) is 13.4. The van der Waals surface area contributed by atoms with E-state index in [1.807, 2.05) is 0 Å². The number of amides is 1. The lowest BCUT2D eigenvalue weighted by Gasteiger charge is -2.20. The number of nitro benzene ring substituents is 1. The first kappa shape index (κ1) is 14.4. The van der Waals surface area contributed by atoms with Gasteiger partial charge in [-0.3, -0.25) is 14.9 Å². The Kier molecular flexibility index (Phi) is 4.29. The van der Waals surface area contributed by atoms with Gasteiger partial charge < -0.3 is 5.32 Å². The number of benzene rings is 1. The number of nitrogens with one attached hydrogen (secondary N) is 1. The van der Waals surface area contributed by atoms with Crippen LogP contribution in [0.25, 0.3) is 0 Å². The van der Waals surface area contributed by atoms with Gasteiger partial charge in [0.25, 0.3) is 5.69 Å². The number of halogens is 1. The van der Waals surface area contributed by atoms with Crippen LogP contribution in [0.1, 0.15) is 19.4 Å². The van der Waals surface area contributed by atoms with E-state index in [9.17, 15) is 14.9 Å². The van der Waals surface area contributed by atoms with Gasteiger partial charge in [-0.2, -0.15) is 0 Å². The molecule has 0 radical (unpaired) electrons. The molecular weight excluding hydrogens is 256 g/mol. The predicted molar refractivity (Wildman–Crippen MR) is 71.0 cm³/mol. The van der Waals surface area contributed by atoms with Crippen LogP contribution in [0.4, 0.5) is 11.4 Å². The molecule has 1 aromatic rings. The standard InChI is InChI=1S/C12H15ClN2O3/c1-8-4-5-10(15(17)18)9(6-8)14-11(16)12(2,3)7-13/h4-6H,7H2,1-3H3,(H,14,16). The molecule has 0 bridgehead atoms. The van der Waals surface area contributed by atoms with Crippen molar-refractivity contribution in [2.75, 3.05) is 11.2 Å². The zero-order chi connectivity index (χ0) is 13.9. The van der Waals surface area contributed by atoms with Crippen molar-refractivity contribution in [3.63, 3.8) is 0 Å². The number of carbonyl (C=O) groups is 1. The van der Waals surface area contributed by atoms with Crippen LogP contribution in [-0.4, -0.2) is 16.7 Å². The van der Waals surface area contributed by atoms with E-state index in [1.54, 1.807) is 32.9 Å². The minimum absolute atomic E-state index is 0.126. The molecule has 0 spiro atoms. The van der Waals surface area contributed by atoms with E-state index < -0.39 is 10.3 Å². The zero-order valence-electron chi connectivity index (χ0n) is 10.5. The summed E-state index contributed by atoms with van der Waals surface area (Å²) in [4.78, 5) is 22.3. The molecule has 1 aromatic carbocycles. The van der Waals surface area contributed by atoms with Crippen molar-refractivity contribution in [2.24, 2.45) is 5.41 Å². The number of nitro groups is 1. The van der Waals surface area contributed by atoms with Gasteiger partial charge in [-0.25, -0.2) is 0 Å². The third kappa shape index (κ3) is 3.20. The monoisotopic (exact) mass is 270 g/mol. The van der Waals surface area contributed by atoms with E-state index in [-0.39, 0.29) is 23.2 Å². The molecule has 98 valence electrons. The Morgan fingerprint density at radius 2 is 2.11 bits per heavy atom. The van der Waals surface area contributed by atoms with Gasteiger partial charge in [-0.15, -0.1) is 11.6 Å². The van der Waals surface area contributed by atoms with Crippen molar-refractivity contribution >= 4 is 28.9 Å². The summed E-state index contributed by atoms with van der Waals surface area (Å²) >= 11 is 5.69. The maximum Gasteiger partial charge on any atom is 0.292 e. The molecule has 0 aliphatic carbocycles. The van der Waals surface area contributed by atoms with Crippen molar-refractivity contribution in [3.05, 3.63) is 33.9 Å². The molecule has 0 saturated carbocycles. The third-order valence-corrected chi connectivity index (χ3v) is 3.21. The van der Waals surface area contributed by atoms with Gasteiger partial charge in [0.2, 0.25) is 5.91 Å². The molecule has 0 heterocycles. The summed E-state index contributed by atoms with van der Waals surface area (Å²) < 4.78 is 0. The Hall–Kier alpha value is -1.62. The Balaban J connectivity index is 3.07. The summed E-state index contributed by atoms with van der Waals surface area (Å²) in [6.07, 6.45) is 0. The fourth-order valence-electron chi connectivity index (χ4n) is 1.26. The number of rotatable bonds is 4. The van der Waals surface area contributed by atoms with E-state index in [0.717, 1.165) is 5.56 Å². The zero-order valence-corrected chi connectivity index (χ0v) is 11.2. The predicted octanol–water partition coefficient (Wildman–Crippen LogP) is 3.11. The number of hydrogen-bond donors (Lipinski definition) is 1. The van der Waals surface area contributed by atoms with Crippen molar-refractivity contribution in [1.29, 1.82) is 0 Å². The Labute approximate surface area is 110 Å². The highest BCUT2D eigenvalue weighted by Crippen LogP contribution is 2.28. The first-order valence-electron chi connectivity index (χ1n) is 5.40. The normalized spacial score (nSPS) is 11.1. The molecule has 0 aliphatic rings. The van der Waals surface area contributed by atoms with E-state index in [1.165, 1.54) is 6.07 Å². The molecule has 1 rings (SSSR count). The maximum atomic E-state index is 11.9. The highest BCUT2D eigenvalue weighted by molar-refractivity contribution is 6.20. The largest absolute Gasteiger partial charge is 0.320 e. The van der Waals surface area contributed by atoms with Crippen LogP contribution in [0.2, 0.25) is 0 Å². The first-order valence-corrected chi connectivity index (χ1v) is 5.94. The summed E-state index contributed by atoms with van der Waals surface area (Å²) in [7, 11) is 0. The lowest BCUT2D eigenvalue weighted by atomic mass is 9.95. The highest BCUT2D eigenvalue weighted by Gasteiger charge is 2.28. The lowest BCUT2D eigenvalue weighted by molar-refractivity contribution is -0.383. The van der Waals surface area contributed by atoms with Crippen LogP contribution in [0.5, 0.6) is 0 Å². The van der Waals surface area contributed by atoms with Gasteiger partial charge >= 0.3 is 0 Å². The molecule has 0 unspecified atom stereocenters. The molecule has 0 aromatic heterocycles.